The second kappa shape index (κ2) is 6.72. The number of benzene rings is 1. The van der Waals surface area contributed by atoms with Gasteiger partial charge >= 0.3 is 0 Å². The maximum absolute atomic E-state index is 5.84. The summed E-state index contributed by atoms with van der Waals surface area (Å²) >= 11 is 0. The highest BCUT2D eigenvalue weighted by molar-refractivity contribution is 5.63. The topological polar surface area (TPSA) is 102 Å². The third-order valence-corrected chi connectivity index (χ3v) is 2.80. The van der Waals surface area contributed by atoms with Crippen molar-refractivity contribution in [3.63, 3.8) is 0 Å². The van der Waals surface area contributed by atoms with Crippen LogP contribution < -0.4 is 22.1 Å². The van der Waals surface area contributed by atoms with Gasteiger partial charge in [0, 0.05) is 12.2 Å². The van der Waals surface area contributed by atoms with Crippen LogP contribution >= 0.6 is 0 Å². The molecule has 20 heavy (non-hydrogen) atoms. The first-order valence-electron chi connectivity index (χ1n) is 6.59. The molecule has 2 rings (SSSR count). The summed E-state index contributed by atoms with van der Waals surface area (Å²) in [6, 6.07) is 8.02. The zero-order chi connectivity index (χ0) is 14.4. The smallest absolute Gasteiger partial charge is 0.229 e. The van der Waals surface area contributed by atoms with Crippen molar-refractivity contribution in [3.8, 4) is 0 Å². The number of nitrogens with one attached hydrogen (secondary N) is 2. The normalized spacial score (nSPS) is 10.3. The van der Waals surface area contributed by atoms with Gasteiger partial charge in [-0.15, -0.1) is 0 Å². The molecule has 0 bridgehead atoms. The molecule has 0 aliphatic carbocycles. The number of nitrogen functional groups attached to an aromatic ring is 1. The molecule has 0 radical (unpaired) electrons. The molecule has 0 aliphatic heterocycles. The number of nitrogens with two attached hydrogens (primary N) is 2. The zero-order valence-corrected chi connectivity index (χ0v) is 11.6. The second-order valence-electron chi connectivity index (χ2n) is 4.56. The quantitative estimate of drug-likeness (QED) is 0.599. The molecule has 0 atom stereocenters. The Hall–Kier alpha value is -2.34. The van der Waals surface area contributed by atoms with Crippen LogP contribution in [0.15, 0.2) is 30.5 Å². The molecule has 1 aromatic heterocycles. The van der Waals surface area contributed by atoms with Gasteiger partial charge in [0.05, 0.1) is 11.9 Å². The van der Waals surface area contributed by atoms with Gasteiger partial charge in [-0.3, -0.25) is 0 Å². The van der Waals surface area contributed by atoms with Crippen molar-refractivity contribution in [3.05, 3.63) is 36.0 Å². The molecule has 0 amide bonds. The van der Waals surface area contributed by atoms with Gasteiger partial charge in [0.1, 0.15) is 0 Å². The summed E-state index contributed by atoms with van der Waals surface area (Å²) in [7, 11) is 0. The van der Waals surface area contributed by atoms with E-state index in [0.717, 1.165) is 18.7 Å². The van der Waals surface area contributed by atoms with Gasteiger partial charge in [0.25, 0.3) is 0 Å². The summed E-state index contributed by atoms with van der Waals surface area (Å²) in [4.78, 5) is 8.54. The lowest BCUT2D eigenvalue weighted by Gasteiger charge is -2.10. The molecule has 0 fully saturated rings. The highest BCUT2D eigenvalue weighted by Crippen LogP contribution is 2.19. The summed E-state index contributed by atoms with van der Waals surface area (Å²) in [5.41, 5.74) is 14.0. The molecule has 6 nitrogen and oxygen atoms in total. The van der Waals surface area contributed by atoms with E-state index in [4.69, 9.17) is 11.5 Å². The van der Waals surface area contributed by atoms with Crippen LogP contribution in [0.4, 0.5) is 23.1 Å². The Morgan fingerprint density at radius 3 is 2.65 bits per heavy atom. The molecular weight excluding hydrogens is 252 g/mol. The van der Waals surface area contributed by atoms with Crippen molar-refractivity contribution in [2.45, 2.75) is 13.3 Å². The summed E-state index contributed by atoms with van der Waals surface area (Å²) in [6.07, 6.45) is 2.46. The molecule has 6 N–H and O–H groups in total. The predicted octanol–water partition coefficient (Wildman–Crippen LogP) is 1.87. The molecule has 0 spiro atoms. The van der Waals surface area contributed by atoms with E-state index in [-0.39, 0.29) is 0 Å². The number of hydrogen-bond donors (Lipinski definition) is 4. The Bertz CT molecular complexity index is 552. The maximum Gasteiger partial charge on any atom is 0.229 e. The standard InChI is InChI=1S/C14H20N6/c1-10-3-5-11(6-4-10)19-14-18-9-12(16)13(20-14)17-8-2-7-15/h3-6,9H,2,7-8,15-16H2,1H3,(H2,17,18,19,20). The monoisotopic (exact) mass is 272 g/mol. The highest BCUT2D eigenvalue weighted by atomic mass is 15.1. The van der Waals surface area contributed by atoms with Crippen molar-refractivity contribution in [1.82, 2.24) is 9.97 Å². The number of hydrogen-bond acceptors (Lipinski definition) is 6. The van der Waals surface area contributed by atoms with Crippen LogP contribution in [0.2, 0.25) is 0 Å². The van der Waals surface area contributed by atoms with Crippen LogP contribution in [0.3, 0.4) is 0 Å². The summed E-state index contributed by atoms with van der Waals surface area (Å²) in [6.45, 7) is 3.41. The van der Waals surface area contributed by atoms with Crippen LogP contribution in [0.25, 0.3) is 0 Å². The van der Waals surface area contributed by atoms with Crippen molar-refractivity contribution >= 4 is 23.1 Å². The third kappa shape index (κ3) is 3.83. The van der Waals surface area contributed by atoms with Gasteiger partial charge in [-0.05, 0) is 32.0 Å². The van der Waals surface area contributed by atoms with E-state index in [9.17, 15) is 0 Å². The summed E-state index contributed by atoms with van der Waals surface area (Å²) < 4.78 is 0. The SMILES string of the molecule is Cc1ccc(Nc2ncc(N)c(NCCCN)n2)cc1. The lowest BCUT2D eigenvalue weighted by Crippen LogP contribution is -2.12. The molecule has 106 valence electrons. The van der Waals surface area contributed by atoms with Gasteiger partial charge in [-0.25, -0.2) is 4.98 Å². The first kappa shape index (κ1) is 14.1. The minimum Gasteiger partial charge on any atom is -0.394 e. The lowest BCUT2D eigenvalue weighted by atomic mass is 10.2. The Morgan fingerprint density at radius 2 is 1.95 bits per heavy atom. The fourth-order valence-corrected chi connectivity index (χ4v) is 1.67. The van der Waals surface area contributed by atoms with Crippen molar-refractivity contribution in [2.75, 3.05) is 29.5 Å². The number of aromatic nitrogens is 2. The fraction of sp³-hybridized carbons (Fsp3) is 0.286. The Labute approximate surface area is 118 Å². The van der Waals surface area contributed by atoms with Crippen LogP contribution in [0, 0.1) is 6.92 Å². The molecular formula is C14H20N6. The molecule has 0 saturated heterocycles. The van der Waals surface area contributed by atoms with Gasteiger partial charge in [-0.2, -0.15) is 4.98 Å². The van der Waals surface area contributed by atoms with Crippen LogP contribution in [-0.2, 0) is 0 Å². The van der Waals surface area contributed by atoms with Gasteiger partial charge in [-0.1, -0.05) is 17.7 Å². The molecule has 1 aromatic carbocycles. The molecule has 0 unspecified atom stereocenters. The van der Waals surface area contributed by atoms with Gasteiger partial charge in [0.2, 0.25) is 5.95 Å². The van der Waals surface area contributed by atoms with E-state index >= 15 is 0 Å². The van der Waals surface area contributed by atoms with E-state index in [1.807, 2.05) is 31.2 Å². The first-order valence-corrected chi connectivity index (χ1v) is 6.59. The highest BCUT2D eigenvalue weighted by Gasteiger charge is 2.04. The first-order chi connectivity index (χ1) is 9.69. The second-order valence-corrected chi connectivity index (χ2v) is 4.56. The minimum atomic E-state index is 0.512. The van der Waals surface area contributed by atoms with Crippen molar-refractivity contribution in [2.24, 2.45) is 5.73 Å². The zero-order valence-electron chi connectivity index (χ0n) is 11.6. The van der Waals surface area contributed by atoms with E-state index < -0.39 is 0 Å². The number of anilines is 4. The minimum absolute atomic E-state index is 0.512. The number of rotatable bonds is 6. The Morgan fingerprint density at radius 1 is 1.20 bits per heavy atom. The lowest BCUT2D eigenvalue weighted by molar-refractivity contribution is 0.870. The molecule has 2 aromatic rings. The summed E-state index contributed by atoms with van der Waals surface area (Å²) in [5, 5.41) is 6.30. The third-order valence-electron chi connectivity index (χ3n) is 2.80. The average Bonchev–Trinajstić information content (AvgIpc) is 2.45. The average molecular weight is 272 g/mol. The molecule has 1 heterocycles. The largest absolute Gasteiger partial charge is 0.394 e. The van der Waals surface area contributed by atoms with Crippen molar-refractivity contribution in [1.29, 1.82) is 0 Å². The summed E-state index contributed by atoms with van der Waals surface area (Å²) in [5.74, 6) is 1.14. The van der Waals surface area contributed by atoms with Crippen molar-refractivity contribution < 1.29 is 0 Å². The predicted molar refractivity (Wildman–Crippen MR) is 83.1 cm³/mol. The fourth-order valence-electron chi connectivity index (χ4n) is 1.67. The molecule has 6 heteroatoms. The van der Waals surface area contributed by atoms with Gasteiger partial charge in [0.15, 0.2) is 5.82 Å². The molecule has 0 aliphatic rings. The number of nitrogens with zero attached hydrogens (tertiary/aromatic N) is 2. The Balaban J connectivity index is 2.08. The van der Waals surface area contributed by atoms with E-state index in [1.54, 1.807) is 6.20 Å². The van der Waals surface area contributed by atoms with E-state index in [0.29, 0.717) is 24.0 Å². The van der Waals surface area contributed by atoms with Crippen LogP contribution in [0.1, 0.15) is 12.0 Å². The van der Waals surface area contributed by atoms with Crippen LogP contribution in [0.5, 0.6) is 0 Å². The molecule has 0 saturated carbocycles. The maximum atomic E-state index is 5.84. The van der Waals surface area contributed by atoms with Gasteiger partial charge < -0.3 is 22.1 Å². The number of aryl methyl sites for hydroxylation is 1. The van der Waals surface area contributed by atoms with E-state index in [2.05, 4.69) is 20.6 Å². The Kier molecular flexibility index (Phi) is 4.73. The van der Waals surface area contributed by atoms with Crippen LogP contribution in [-0.4, -0.2) is 23.1 Å². The van der Waals surface area contributed by atoms with E-state index in [1.165, 1.54) is 5.56 Å².